The number of carbonyl (C=O) groups is 1. The predicted octanol–water partition coefficient (Wildman–Crippen LogP) is 6.37. The summed E-state index contributed by atoms with van der Waals surface area (Å²) in [6.45, 7) is 1.84. The fourth-order valence-corrected chi connectivity index (χ4v) is 4.71. The molecule has 3 aromatic rings. The second-order valence-electron chi connectivity index (χ2n) is 9.25. The number of fused-ring (bicyclic) bond motifs is 1. The van der Waals surface area contributed by atoms with Crippen LogP contribution in [0.5, 0.6) is 0 Å². The van der Waals surface area contributed by atoms with E-state index in [1.165, 1.54) is 4.90 Å². The normalized spacial score (nSPS) is 15.9. The molecule has 38 heavy (non-hydrogen) atoms. The predicted molar refractivity (Wildman–Crippen MR) is 128 cm³/mol. The second kappa shape index (κ2) is 9.80. The standard InChI is InChI=1S/C26H23F6N5O/c27-25(28,29)17-12-18(26(30,31)32)14-19(13-17)33-24(38)37-11-8-21-20(15-37)23(36-9-4-5-10-36)35-22(34-21)16-6-2-1-3-7-16/h1-3,6-7,12-14H,4-5,8-11,15H2,(H,33,38). The van der Waals surface area contributed by atoms with Crippen molar-refractivity contribution in [1.82, 2.24) is 14.9 Å². The molecular weight excluding hydrogens is 512 g/mol. The number of hydrogen-bond acceptors (Lipinski definition) is 4. The van der Waals surface area contributed by atoms with Crippen molar-refractivity contribution < 1.29 is 31.1 Å². The minimum Gasteiger partial charge on any atom is -0.356 e. The fourth-order valence-electron chi connectivity index (χ4n) is 4.71. The van der Waals surface area contributed by atoms with E-state index in [1.807, 2.05) is 30.3 Å². The van der Waals surface area contributed by atoms with E-state index in [2.05, 4.69) is 10.2 Å². The zero-order valence-electron chi connectivity index (χ0n) is 20.0. The number of hydrogen-bond donors (Lipinski definition) is 1. The number of nitrogens with zero attached hydrogens (tertiary/aromatic N) is 4. The molecule has 1 aromatic heterocycles. The van der Waals surface area contributed by atoms with E-state index in [0.29, 0.717) is 30.2 Å². The molecule has 2 amide bonds. The van der Waals surface area contributed by atoms with Crippen LogP contribution in [-0.2, 0) is 25.3 Å². The van der Waals surface area contributed by atoms with Gasteiger partial charge in [0.05, 0.1) is 23.4 Å². The van der Waals surface area contributed by atoms with Gasteiger partial charge in [0.15, 0.2) is 5.82 Å². The first-order valence-electron chi connectivity index (χ1n) is 12.0. The molecule has 0 radical (unpaired) electrons. The van der Waals surface area contributed by atoms with Gasteiger partial charge in [0.25, 0.3) is 0 Å². The summed E-state index contributed by atoms with van der Waals surface area (Å²) in [4.78, 5) is 26.0. The summed E-state index contributed by atoms with van der Waals surface area (Å²) in [6.07, 6.45) is -7.68. The van der Waals surface area contributed by atoms with E-state index < -0.39 is 35.2 Å². The van der Waals surface area contributed by atoms with Gasteiger partial charge in [-0.3, -0.25) is 0 Å². The molecule has 12 heteroatoms. The number of alkyl halides is 6. The maximum absolute atomic E-state index is 13.2. The number of nitrogens with one attached hydrogen (secondary N) is 1. The van der Waals surface area contributed by atoms with Crippen LogP contribution in [0.2, 0.25) is 0 Å². The van der Waals surface area contributed by atoms with Gasteiger partial charge in [0, 0.05) is 42.9 Å². The van der Waals surface area contributed by atoms with Crippen molar-refractivity contribution in [2.75, 3.05) is 29.9 Å². The summed E-state index contributed by atoms with van der Waals surface area (Å²) in [7, 11) is 0. The molecule has 0 spiro atoms. The summed E-state index contributed by atoms with van der Waals surface area (Å²) >= 11 is 0. The molecule has 0 aliphatic carbocycles. The van der Waals surface area contributed by atoms with Gasteiger partial charge in [-0.1, -0.05) is 30.3 Å². The molecule has 1 N–H and O–H groups in total. The Labute approximate surface area is 214 Å². The number of benzene rings is 2. The molecule has 0 atom stereocenters. The maximum Gasteiger partial charge on any atom is 0.416 e. The Morgan fingerprint density at radius 1 is 0.842 bits per heavy atom. The summed E-state index contributed by atoms with van der Waals surface area (Å²) in [6, 6.07) is 9.69. The van der Waals surface area contributed by atoms with Gasteiger partial charge in [0.2, 0.25) is 0 Å². The average Bonchev–Trinajstić information content (AvgIpc) is 3.42. The van der Waals surface area contributed by atoms with Gasteiger partial charge in [-0.25, -0.2) is 14.8 Å². The molecule has 5 rings (SSSR count). The topological polar surface area (TPSA) is 61.4 Å². The third-order valence-electron chi connectivity index (χ3n) is 6.60. The minimum atomic E-state index is -5.01. The highest BCUT2D eigenvalue weighted by atomic mass is 19.4. The molecule has 0 bridgehead atoms. The first-order valence-corrected chi connectivity index (χ1v) is 12.0. The van der Waals surface area contributed by atoms with Crippen molar-refractivity contribution in [2.45, 2.75) is 38.2 Å². The van der Waals surface area contributed by atoms with Crippen LogP contribution in [0.15, 0.2) is 48.5 Å². The number of urea groups is 1. The van der Waals surface area contributed by atoms with Crippen LogP contribution in [0, 0.1) is 0 Å². The average molecular weight is 535 g/mol. The third-order valence-corrected chi connectivity index (χ3v) is 6.60. The zero-order valence-corrected chi connectivity index (χ0v) is 20.0. The van der Waals surface area contributed by atoms with Crippen molar-refractivity contribution in [3.05, 3.63) is 70.9 Å². The van der Waals surface area contributed by atoms with E-state index in [9.17, 15) is 31.1 Å². The van der Waals surface area contributed by atoms with E-state index >= 15 is 0 Å². The van der Waals surface area contributed by atoms with E-state index in [1.54, 1.807) is 0 Å². The van der Waals surface area contributed by atoms with Crippen molar-refractivity contribution >= 4 is 17.5 Å². The van der Waals surface area contributed by atoms with Gasteiger partial charge in [-0.15, -0.1) is 0 Å². The molecule has 6 nitrogen and oxygen atoms in total. The van der Waals surface area contributed by atoms with Crippen LogP contribution < -0.4 is 10.2 Å². The lowest BCUT2D eigenvalue weighted by atomic mass is 10.0. The quantitative estimate of drug-likeness (QED) is 0.396. The Morgan fingerprint density at radius 3 is 2.08 bits per heavy atom. The smallest absolute Gasteiger partial charge is 0.356 e. The minimum absolute atomic E-state index is 0.0246. The third kappa shape index (κ3) is 5.39. The lowest BCUT2D eigenvalue weighted by molar-refractivity contribution is -0.143. The first kappa shape index (κ1) is 25.8. The van der Waals surface area contributed by atoms with Crippen molar-refractivity contribution in [3.8, 4) is 11.4 Å². The molecule has 3 heterocycles. The molecule has 0 saturated carbocycles. The molecular formula is C26H23F6N5O. The summed E-state index contributed by atoms with van der Waals surface area (Å²) in [5.74, 6) is 1.26. The highest BCUT2D eigenvalue weighted by Gasteiger charge is 2.37. The number of amides is 2. The SMILES string of the molecule is O=C(Nc1cc(C(F)(F)F)cc(C(F)(F)F)c1)N1CCc2nc(-c3ccccc3)nc(N3CCCC3)c2C1. The maximum atomic E-state index is 13.2. The largest absolute Gasteiger partial charge is 0.416 e. The van der Waals surface area contributed by atoms with E-state index in [0.717, 1.165) is 42.8 Å². The van der Waals surface area contributed by atoms with Crippen molar-refractivity contribution in [2.24, 2.45) is 0 Å². The summed E-state index contributed by atoms with van der Waals surface area (Å²) < 4.78 is 79.4. The Kier molecular flexibility index (Phi) is 6.66. The molecule has 2 aromatic carbocycles. The van der Waals surface area contributed by atoms with Crippen molar-refractivity contribution in [1.29, 1.82) is 0 Å². The first-order chi connectivity index (χ1) is 18.0. The van der Waals surface area contributed by atoms with Crippen LogP contribution >= 0.6 is 0 Å². The molecule has 1 fully saturated rings. The second-order valence-corrected chi connectivity index (χ2v) is 9.25. The highest BCUT2D eigenvalue weighted by Crippen LogP contribution is 2.38. The number of rotatable bonds is 3. The number of carbonyl (C=O) groups excluding carboxylic acids is 1. The van der Waals surface area contributed by atoms with Gasteiger partial charge >= 0.3 is 18.4 Å². The summed E-state index contributed by atoms with van der Waals surface area (Å²) in [5.41, 5.74) is -1.23. The van der Waals surface area contributed by atoms with E-state index in [-0.39, 0.29) is 19.2 Å². The zero-order chi connectivity index (χ0) is 27.1. The van der Waals surface area contributed by atoms with Gasteiger partial charge in [0.1, 0.15) is 5.82 Å². The van der Waals surface area contributed by atoms with E-state index in [4.69, 9.17) is 9.97 Å². The van der Waals surface area contributed by atoms with Crippen molar-refractivity contribution in [3.63, 3.8) is 0 Å². The lowest BCUT2D eigenvalue weighted by Crippen LogP contribution is -2.40. The van der Waals surface area contributed by atoms with Crippen LogP contribution in [0.4, 0.5) is 42.6 Å². The van der Waals surface area contributed by atoms with Crippen LogP contribution in [-0.4, -0.2) is 40.5 Å². The molecule has 2 aliphatic rings. The number of aromatic nitrogens is 2. The number of anilines is 2. The monoisotopic (exact) mass is 535 g/mol. The Morgan fingerprint density at radius 2 is 1.47 bits per heavy atom. The van der Waals surface area contributed by atoms with Crippen LogP contribution in [0.1, 0.15) is 35.2 Å². The lowest BCUT2D eigenvalue weighted by Gasteiger charge is -2.32. The molecule has 200 valence electrons. The number of halogens is 6. The van der Waals surface area contributed by atoms with Crippen LogP contribution in [0.25, 0.3) is 11.4 Å². The fraction of sp³-hybridized carbons (Fsp3) is 0.346. The Balaban J connectivity index is 1.43. The van der Waals surface area contributed by atoms with Gasteiger partial charge < -0.3 is 15.1 Å². The van der Waals surface area contributed by atoms with Gasteiger partial charge in [-0.2, -0.15) is 26.3 Å². The van der Waals surface area contributed by atoms with Crippen LogP contribution in [0.3, 0.4) is 0 Å². The highest BCUT2D eigenvalue weighted by molar-refractivity contribution is 5.90. The summed E-state index contributed by atoms with van der Waals surface area (Å²) in [5, 5.41) is 2.23. The van der Waals surface area contributed by atoms with Gasteiger partial charge in [-0.05, 0) is 31.0 Å². The molecule has 0 unspecified atom stereocenters. The Bertz CT molecular complexity index is 1300. The molecule has 2 aliphatic heterocycles. The molecule has 1 saturated heterocycles. The Hall–Kier alpha value is -3.83.